The average Bonchev–Trinajstić information content (AvgIpc) is 2.47. The molecule has 5 nitrogen and oxygen atoms in total. The van der Waals surface area contributed by atoms with E-state index in [9.17, 15) is 13.2 Å². The molecule has 0 amide bonds. The predicted octanol–water partition coefficient (Wildman–Crippen LogP) is 0.841. The van der Waals surface area contributed by atoms with Crippen molar-refractivity contribution in [1.29, 1.82) is 0 Å². The van der Waals surface area contributed by atoms with Crippen LogP contribution in [0.15, 0.2) is 5.38 Å². The third kappa shape index (κ3) is 4.39. The molecule has 0 aliphatic rings. The number of aromatic nitrogens is 1. The lowest BCUT2D eigenvalue weighted by molar-refractivity contribution is -0.136. The van der Waals surface area contributed by atoms with E-state index in [2.05, 4.69) is 4.98 Å². The number of thiazole rings is 1. The summed E-state index contributed by atoms with van der Waals surface area (Å²) in [4.78, 5) is 14.2. The SMILES string of the molecule is Cc1csc(CS(=O)(=O)CCC(=O)O)n1. The van der Waals surface area contributed by atoms with Crippen LogP contribution < -0.4 is 0 Å². The van der Waals surface area contributed by atoms with Crippen LogP contribution in [-0.4, -0.2) is 30.2 Å². The minimum Gasteiger partial charge on any atom is -0.481 e. The summed E-state index contributed by atoms with van der Waals surface area (Å²) in [5.74, 6) is -1.60. The highest BCUT2D eigenvalue weighted by atomic mass is 32.2. The Balaban J connectivity index is 2.60. The van der Waals surface area contributed by atoms with Crippen LogP contribution in [0.5, 0.6) is 0 Å². The Morgan fingerprint density at radius 2 is 2.27 bits per heavy atom. The summed E-state index contributed by atoms with van der Waals surface area (Å²) in [7, 11) is -3.35. The zero-order chi connectivity index (χ0) is 11.5. The fourth-order valence-electron chi connectivity index (χ4n) is 0.972. The normalized spacial score (nSPS) is 11.5. The van der Waals surface area contributed by atoms with Crippen LogP contribution in [0.1, 0.15) is 17.1 Å². The maximum atomic E-state index is 11.4. The van der Waals surface area contributed by atoms with E-state index >= 15 is 0 Å². The van der Waals surface area contributed by atoms with Gasteiger partial charge in [-0.1, -0.05) is 0 Å². The molecule has 15 heavy (non-hydrogen) atoms. The van der Waals surface area contributed by atoms with Crippen molar-refractivity contribution in [3.05, 3.63) is 16.1 Å². The Hall–Kier alpha value is -0.950. The third-order valence-corrected chi connectivity index (χ3v) is 4.33. The van der Waals surface area contributed by atoms with E-state index in [0.29, 0.717) is 5.01 Å². The maximum Gasteiger partial charge on any atom is 0.304 e. The van der Waals surface area contributed by atoms with Crippen molar-refractivity contribution < 1.29 is 18.3 Å². The third-order valence-electron chi connectivity index (χ3n) is 1.64. The minimum absolute atomic E-state index is 0.168. The first kappa shape index (κ1) is 12.1. The molecule has 0 saturated carbocycles. The fraction of sp³-hybridized carbons (Fsp3) is 0.500. The number of sulfone groups is 1. The van der Waals surface area contributed by atoms with E-state index in [1.54, 1.807) is 12.3 Å². The van der Waals surface area contributed by atoms with Crippen molar-refractivity contribution in [2.75, 3.05) is 5.75 Å². The van der Waals surface area contributed by atoms with Gasteiger partial charge in [0, 0.05) is 11.1 Å². The van der Waals surface area contributed by atoms with Gasteiger partial charge in [-0.15, -0.1) is 11.3 Å². The van der Waals surface area contributed by atoms with Crippen LogP contribution >= 0.6 is 11.3 Å². The molecule has 1 rings (SSSR count). The van der Waals surface area contributed by atoms with Crippen LogP contribution in [0, 0.1) is 6.92 Å². The molecule has 0 fully saturated rings. The number of aryl methyl sites for hydroxylation is 1. The Kier molecular flexibility index (Phi) is 3.81. The second kappa shape index (κ2) is 4.71. The summed E-state index contributed by atoms with van der Waals surface area (Å²) in [5, 5.41) is 10.6. The second-order valence-corrected chi connectivity index (χ2v) is 6.25. The zero-order valence-corrected chi connectivity index (χ0v) is 9.77. The summed E-state index contributed by atoms with van der Waals surface area (Å²) >= 11 is 1.27. The molecule has 0 unspecified atom stereocenters. The molecular formula is C8H11NO4S2. The predicted molar refractivity (Wildman–Crippen MR) is 56.6 cm³/mol. The summed E-state index contributed by atoms with van der Waals surface area (Å²) in [6.07, 6.45) is -0.354. The van der Waals surface area contributed by atoms with Crippen molar-refractivity contribution in [2.24, 2.45) is 0 Å². The van der Waals surface area contributed by atoms with E-state index in [4.69, 9.17) is 5.11 Å². The number of hydrogen-bond donors (Lipinski definition) is 1. The summed E-state index contributed by atoms with van der Waals surface area (Å²) < 4.78 is 22.8. The lowest BCUT2D eigenvalue weighted by Gasteiger charge is -1.98. The molecule has 0 spiro atoms. The number of carboxylic acids is 1. The first-order chi connectivity index (χ1) is 6.89. The summed E-state index contributed by atoms with van der Waals surface area (Å²) in [5.41, 5.74) is 0.781. The van der Waals surface area contributed by atoms with Crippen molar-refractivity contribution in [1.82, 2.24) is 4.98 Å². The smallest absolute Gasteiger partial charge is 0.304 e. The van der Waals surface area contributed by atoms with E-state index in [0.717, 1.165) is 5.69 Å². The number of carbonyl (C=O) groups is 1. The summed E-state index contributed by atoms with van der Waals surface area (Å²) in [6, 6.07) is 0. The van der Waals surface area contributed by atoms with Crippen molar-refractivity contribution in [3.8, 4) is 0 Å². The Morgan fingerprint density at radius 1 is 1.60 bits per heavy atom. The van der Waals surface area contributed by atoms with Gasteiger partial charge >= 0.3 is 5.97 Å². The monoisotopic (exact) mass is 249 g/mol. The quantitative estimate of drug-likeness (QED) is 0.836. The van der Waals surface area contributed by atoms with Gasteiger partial charge in [0.2, 0.25) is 0 Å². The molecule has 1 aromatic rings. The van der Waals surface area contributed by atoms with Gasteiger partial charge in [-0.25, -0.2) is 13.4 Å². The van der Waals surface area contributed by atoms with Gasteiger partial charge in [-0.3, -0.25) is 4.79 Å². The van der Waals surface area contributed by atoms with Crippen LogP contribution in [0.4, 0.5) is 0 Å². The first-order valence-electron chi connectivity index (χ1n) is 4.22. The van der Waals surface area contributed by atoms with Crippen molar-refractivity contribution in [2.45, 2.75) is 19.1 Å². The zero-order valence-electron chi connectivity index (χ0n) is 8.13. The largest absolute Gasteiger partial charge is 0.481 e. The van der Waals surface area contributed by atoms with E-state index in [-0.39, 0.29) is 17.9 Å². The van der Waals surface area contributed by atoms with Crippen LogP contribution in [0.3, 0.4) is 0 Å². The van der Waals surface area contributed by atoms with Gasteiger partial charge in [0.1, 0.15) is 10.8 Å². The van der Waals surface area contributed by atoms with Crippen LogP contribution in [0.2, 0.25) is 0 Å². The van der Waals surface area contributed by atoms with E-state index < -0.39 is 15.8 Å². The van der Waals surface area contributed by atoms with Gasteiger partial charge in [-0.05, 0) is 6.92 Å². The molecule has 0 aliphatic carbocycles. The molecule has 0 saturated heterocycles. The van der Waals surface area contributed by atoms with Crippen molar-refractivity contribution >= 4 is 27.1 Å². The molecule has 1 aromatic heterocycles. The molecule has 0 atom stereocenters. The molecule has 0 bridgehead atoms. The number of carboxylic acid groups (broad SMARTS) is 1. The van der Waals surface area contributed by atoms with Crippen LogP contribution in [0.25, 0.3) is 0 Å². The molecule has 7 heteroatoms. The fourth-order valence-corrected chi connectivity index (χ4v) is 3.41. The topological polar surface area (TPSA) is 84.3 Å². The Morgan fingerprint density at radius 3 is 2.73 bits per heavy atom. The molecule has 84 valence electrons. The Bertz CT molecular complexity index is 449. The van der Waals surface area contributed by atoms with Gasteiger partial charge in [0.25, 0.3) is 0 Å². The lowest BCUT2D eigenvalue weighted by Crippen LogP contribution is -2.12. The molecule has 0 aliphatic heterocycles. The number of rotatable bonds is 5. The average molecular weight is 249 g/mol. The maximum absolute atomic E-state index is 11.4. The number of aliphatic carboxylic acids is 1. The summed E-state index contributed by atoms with van der Waals surface area (Å²) in [6.45, 7) is 1.78. The molecule has 1 N–H and O–H groups in total. The molecule has 0 aromatic carbocycles. The van der Waals surface area contributed by atoms with Gasteiger partial charge in [0.15, 0.2) is 9.84 Å². The highest BCUT2D eigenvalue weighted by Crippen LogP contribution is 2.13. The van der Waals surface area contributed by atoms with Gasteiger partial charge < -0.3 is 5.11 Å². The lowest BCUT2D eigenvalue weighted by atomic mass is 10.5. The highest BCUT2D eigenvalue weighted by Gasteiger charge is 2.15. The molecule has 1 heterocycles. The van der Waals surface area contributed by atoms with Crippen molar-refractivity contribution in [3.63, 3.8) is 0 Å². The van der Waals surface area contributed by atoms with E-state index in [1.165, 1.54) is 11.3 Å². The van der Waals surface area contributed by atoms with Crippen LogP contribution in [-0.2, 0) is 20.4 Å². The standard InChI is InChI=1S/C8H11NO4S2/c1-6-4-14-7(9-6)5-15(12,13)3-2-8(10)11/h4H,2-3,5H2,1H3,(H,10,11). The van der Waals surface area contributed by atoms with E-state index in [1.807, 2.05) is 0 Å². The minimum atomic E-state index is -3.35. The number of hydrogen-bond acceptors (Lipinski definition) is 5. The number of nitrogens with zero attached hydrogens (tertiary/aromatic N) is 1. The second-order valence-electron chi connectivity index (χ2n) is 3.12. The highest BCUT2D eigenvalue weighted by molar-refractivity contribution is 7.90. The van der Waals surface area contributed by atoms with Gasteiger partial charge in [0.05, 0.1) is 12.2 Å². The first-order valence-corrected chi connectivity index (χ1v) is 6.92. The van der Waals surface area contributed by atoms with Gasteiger partial charge in [-0.2, -0.15) is 0 Å². The Labute approximate surface area is 91.7 Å². The molecule has 0 radical (unpaired) electrons. The molecular weight excluding hydrogens is 238 g/mol.